The Labute approximate surface area is 203 Å². The van der Waals surface area contributed by atoms with E-state index in [4.69, 9.17) is 24.7 Å². The second kappa shape index (κ2) is 15.0. The fraction of sp³-hybridized carbons (Fsp3) is 0.720. The largest absolute Gasteiger partial charge is 0.493 e. The summed E-state index contributed by atoms with van der Waals surface area (Å²) in [4.78, 5) is 14.0. The van der Waals surface area contributed by atoms with Gasteiger partial charge in [-0.25, -0.2) is 4.79 Å². The molecule has 1 aliphatic heterocycles. The lowest BCUT2D eigenvalue weighted by molar-refractivity contribution is 0.0515. The number of nitrogens with two attached hydrogens (primary N) is 1. The Kier molecular flexibility index (Phi) is 12.5. The number of nitrogens with one attached hydrogen (secondary N) is 1. The van der Waals surface area contributed by atoms with Crippen LogP contribution in [-0.2, 0) is 15.9 Å². The molecule has 1 fully saturated rings. The van der Waals surface area contributed by atoms with Crippen molar-refractivity contribution in [3.63, 3.8) is 0 Å². The molecule has 0 aliphatic carbocycles. The molecule has 9 nitrogen and oxygen atoms in total. The predicted octanol–water partition coefficient (Wildman–Crippen LogP) is 2.05. The van der Waals surface area contributed by atoms with Crippen molar-refractivity contribution >= 4 is 6.03 Å². The van der Waals surface area contributed by atoms with Gasteiger partial charge in [-0.2, -0.15) is 0 Å². The Morgan fingerprint density at radius 1 is 1.21 bits per heavy atom. The van der Waals surface area contributed by atoms with E-state index < -0.39 is 12.1 Å². The normalized spacial score (nSPS) is 16.7. The van der Waals surface area contributed by atoms with Gasteiger partial charge in [0.1, 0.15) is 0 Å². The molecule has 1 aliphatic rings. The summed E-state index contributed by atoms with van der Waals surface area (Å²) < 4.78 is 21.7. The highest BCUT2D eigenvalue weighted by atomic mass is 16.5. The van der Waals surface area contributed by atoms with Crippen molar-refractivity contribution < 1.29 is 28.8 Å². The van der Waals surface area contributed by atoms with Crippen LogP contribution in [0.1, 0.15) is 32.3 Å². The second-order valence-corrected chi connectivity index (χ2v) is 9.14. The molecule has 0 spiro atoms. The molecule has 0 bridgehead atoms. The number of aliphatic hydroxyl groups excluding tert-OH is 1. The molecule has 1 heterocycles. The van der Waals surface area contributed by atoms with E-state index in [1.807, 2.05) is 18.2 Å². The summed E-state index contributed by atoms with van der Waals surface area (Å²) in [7, 11) is 3.30. The van der Waals surface area contributed by atoms with Gasteiger partial charge in [-0.05, 0) is 42.4 Å². The van der Waals surface area contributed by atoms with E-state index in [1.165, 1.54) is 0 Å². The predicted molar refractivity (Wildman–Crippen MR) is 131 cm³/mol. The number of amides is 2. The second-order valence-electron chi connectivity index (χ2n) is 9.14. The molecular weight excluding hydrogens is 438 g/mol. The third-order valence-electron chi connectivity index (χ3n) is 6.25. The summed E-state index contributed by atoms with van der Waals surface area (Å²) in [5.41, 5.74) is 7.48. The Hall–Kier alpha value is -2.07. The first-order valence-corrected chi connectivity index (χ1v) is 12.2. The highest BCUT2D eigenvalue weighted by Crippen LogP contribution is 2.31. The summed E-state index contributed by atoms with van der Waals surface area (Å²) >= 11 is 0. The molecule has 1 aromatic rings. The van der Waals surface area contributed by atoms with Gasteiger partial charge in [0.05, 0.1) is 33.0 Å². The number of hydrogen-bond acceptors (Lipinski definition) is 7. The van der Waals surface area contributed by atoms with Gasteiger partial charge in [-0.3, -0.25) is 0 Å². The molecule has 194 valence electrons. The first-order valence-electron chi connectivity index (χ1n) is 12.2. The van der Waals surface area contributed by atoms with Gasteiger partial charge in [-0.1, -0.05) is 19.9 Å². The number of carbonyl (C=O) groups is 1. The molecule has 34 heavy (non-hydrogen) atoms. The lowest BCUT2D eigenvalue weighted by atomic mass is 9.83. The van der Waals surface area contributed by atoms with Crippen LogP contribution in [-0.4, -0.2) is 88.5 Å². The van der Waals surface area contributed by atoms with Gasteiger partial charge in [0.25, 0.3) is 0 Å². The number of hydrogen-bond donors (Lipinski definition) is 3. The van der Waals surface area contributed by atoms with Crippen LogP contribution in [0.25, 0.3) is 0 Å². The summed E-state index contributed by atoms with van der Waals surface area (Å²) in [6, 6.07) is 5.35. The maximum Gasteiger partial charge on any atom is 0.317 e. The summed E-state index contributed by atoms with van der Waals surface area (Å²) in [5.74, 6) is 2.04. The molecule has 1 saturated heterocycles. The van der Waals surface area contributed by atoms with Gasteiger partial charge in [0, 0.05) is 45.8 Å². The van der Waals surface area contributed by atoms with Crippen molar-refractivity contribution in [2.75, 3.05) is 60.3 Å². The van der Waals surface area contributed by atoms with E-state index in [2.05, 4.69) is 19.2 Å². The maximum atomic E-state index is 12.3. The molecule has 2 amide bonds. The zero-order valence-corrected chi connectivity index (χ0v) is 21.1. The number of urea groups is 1. The van der Waals surface area contributed by atoms with Gasteiger partial charge in [-0.15, -0.1) is 0 Å². The van der Waals surface area contributed by atoms with Crippen LogP contribution >= 0.6 is 0 Å². The van der Waals surface area contributed by atoms with Crippen molar-refractivity contribution in [3.05, 3.63) is 23.8 Å². The molecule has 0 aromatic heterocycles. The molecule has 4 N–H and O–H groups in total. The van der Waals surface area contributed by atoms with Crippen LogP contribution in [0.15, 0.2) is 18.2 Å². The highest BCUT2D eigenvalue weighted by Gasteiger charge is 2.24. The van der Waals surface area contributed by atoms with Gasteiger partial charge in [0.15, 0.2) is 11.5 Å². The monoisotopic (exact) mass is 481 g/mol. The van der Waals surface area contributed by atoms with E-state index in [-0.39, 0.29) is 18.5 Å². The molecule has 2 rings (SSSR count). The molecule has 9 heteroatoms. The molecule has 0 saturated carbocycles. The molecule has 1 aromatic carbocycles. The first kappa shape index (κ1) is 28.2. The molecule has 0 radical (unpaired) electrons. The van der Waals surface area contributed by atoms with Crippen molar-refractivity contribution in [3.8, 4) is 11.5 Å². The quantitative estimate of drug-likeness (QED) is 0.348. The smallest absolute Gasteiger partial charge is 0.317 e. The zero-order valence-electron chi connectivity index (χ0n) is 21.1. The average Bonchev–Trinajstić information content (AvgIpc) is 2.85. The van der Waals surface area contributed by atoms with Crippen LogP contribution < -0.4 is 20.5 Å². The van der Waals surface area contributed by atoms with Crippen molar-refractivity contribution in [2.45, 2.75) is 45.3 Å². The zero-order chi connectivity index (χ0) is 24.9. The van der Waals surface area contributed by atoms with Gasteiger partial charge in [0.2, 0.25) is 0 Å². The Balaban J connectivity index is 1.91. The molecule has 3 atom stereocenters. The minimum atomic E-state index is -0.818. The van der Waals surface area contributed by atoms with Gasteiger partial charge < -0.3 is 40.0 Å². The summed E-state index contributed by atoms with van der Waals surface area (Å²) in [5, 5.41) is 13.4. The van der Waals surface area contributed by atoms with Crippen LogP contribution in [0.5, 0.6) is 11.5 Å². The number of carbonyl (C=O) groups excluding carboxylic acids is 1. The standard InChI is InChI=1S/C25H43N3O6/c1-18(2)20(14-19-6-7-23(32-4)24(15-19)34-11-5-10-31-3)16-21(26)22(29)17-27-25(30)28-8-12-33-13-9-28/h6-7,15,18,20-22,29H,5,8-14,16-17,26H2,1-4H3,(H,27,30). The minimum absolute atomic E-state index is 0.129. The molecule has 3 unspecified atom stereocenters. The van der Waals surface area contributed by atoms with Gasteiger partial charge >= 0.3 is 6.03 Å². The van der Waals surface area contributed by atoms with Crippen LogP contribution in [0, 0.1) is 11.8 Å². The van der Waals surface area contributed by atoms with E-state index in [1.54, 1.807) is 19.1 Å². The van der Waals surface area contributed by atoms with Crippen LogP contribution in [0.3, 0.4) is 0 Å². The SMILES string of the molecule is COCCCOc1cc(CC(CC(N)C(O)CNC(=O)N2CCOCC2)C(C)C)ccc1OC. The fourth-order valence-corrected chi connectivity index (χ4v) is 3.97. The summed E-state index contributed by atoms with van der Waals surface area (Å²) in [6.07, 6.45) is 1.42. The Morgan fingerprint density at radius 2 is 1.94 bits per heavy atom. The highest BCUT2D eigenvalue weighted by molar-refractivity contribution is 5.74. The number of methoxy groups -OCH3 is 2. The number of aliphatic hydroxyl groups is 1. The minimum Gasteiger partial charge on any atom is -0.493 e. The topological polar surface area (TPSA) is 116 Å². The van der Waals surface area contributed by atoms with Crippen molar-refractivity contribution in [1.29, 1.82) is 0 Å². The first-order chi connectivity index (χ1) is 16.3. The number of benzene rings is 1. The number of nitrogens with zero attached hydrogens (tertiary/aromatic N) is 1. The fourth-order valence-electron chi connectivity index (χ4n) is 3.97. The lowest BCUT2D eigenvalue weighted by Gasteiger charge is -2.29. The van der Waals surface area contributed by atoms with Crippen LogP contribution in [0.4, 0.5) is 4.79 Å². The van der Waals surface area contributed by atoms with Crippen molar-refractivity contribution in [1.82, 2.24) is 10.2 Å². The number of ether oxygens (including phenoxy) is 4. The van der Waals surface area contributed by atoms with E-state index in [0.29, 0.717) is 63.4 Å². The van der Waals surface area contributed by atoms with E-state index in [9.17, 15) is 9.90 Å². The van der Waals surface area contributed by atoms with Crippen molar-refractivity contribution in [2.24, 2.45) is 17.6 Å². The van der Waals surface area contributed by atoms with E-state index >= 15 is 0 Å². The summed E-state index contributed by atoms with van der Waals surface area (Å²) in [6.45, 7) is 7.84. The van der Waals surface area contributed by atoms with E-state index in [0.717, 1.165) is 18.4 Å². The Bertz CT molecular complexity index is 727. The number of morpholine rings is 1. The molecular formula is C25H43N3O6. The lowest BCUT2D eigenvalue weighted by Crippen LogP contribution is -2.50. The maximum absolute atomic E-state index is 12.3. The third-order valence-corrected chi connectivity index (χ3v) is 6.25. The third kappa shape index (κ3) is 9.29. The van der Waals surface area contributed by atoms with Crippen LogP contribution in [0.2, 0.25) is 0 Å². The Morgan fingerprint density at radius 3 is 2.59 bits per heavy atom. The number of rotatable bonds is 14. The average molecular weight is 482 g/mol.